The number of aliphatic hydroxyl groups excluding tert-OH is 1. The van der Waals surface area contributed by atoms with Gasteiger partial charge in [0.15, 0.2) is 0 Å². The highest BCUT2D eigenvalue weighted by Gasteiger charge is 2.18. The highest BCUT2D eigenvalue weighted by molar-refractivity contribution is 7.90. The highest BCUT2D eigenvalue weighted by atomic mass is 35.5. The maximum atomic E-state index is 11.1. The van der Waals surface area contributed by atoms with Gasteiger partial charge in [0.2, 0.25) is 0 Å². The Balaban J connectivity index is 3.06. The third-order valence-corrected chi connectivity index (χ3v) is 3.17. The quantitative estimate of drug-likeness (QED) is 0.894. The summed E-state index contributed by atoms with van der Waals surface area (Å²) in [5.41, 5.74) is 0.375. The van der Waals surface area contributed by atoms with Crippen molar-refractivity contribution in [3.63, 3.8) is 0 Å². The van der Waals surface area contributed by atoms with Crippen molar-refractivity contribution < 1.29 is 18.3 Å². The summed E-state index contributed by atoms with van der Waals surface area (Å²) < 4.78 is 27.2. The van der Waals surface area contributed by atoms with E-state index >= 15 is 0 Å². The molecule has 0 bridgehead atoms. The van der Waals surface area contributed by atoms with Crippen LogP contribution in [-0.4, -0.2) is 32.6 Å². The van der Waals surface area contributed by atoms with E-state index in [9.17, 15) is 13.5 Å². The fourth-order valence-corrected chi connectivity index (χ4v) is 2.28. The Morgan fingerprint density at radius 2 is 2.12 bits per heavy atom. The van der Waals surface area contributed by atoms with E-state index in [2.05, 4.69) is 0 Å². The molecule has 0 saturated carbocycles. The Labute approximate surface area is 99.7 Å². The molecule has 0 amide bonds. The number of sulfone groups is 1. The number of methoxy groups -OCH3 is 1. The fraction of sp³-hybridized carbons (Fsp3) is 0.400. The van der Waals surface area contributed by atoms with Gasteiger partial charge in [0.1, 0.15) is 15.6 Å². The zero-order valence-electron chi connectivity index (χ0n) is 8.97. The summed E-state index contributed by atoms with van der Waals surface area (Å²) in [7, 11) is -1.81. The van der Waals surface area contributed by atoms with Crippen LogP contribution in [0.25, 0.3) is 0 Å². The van der Waals surface area contributed by atoms with Gasteiger partial charge in [-0.2, -0.15) is 0 Å². The van der Waals surface area contributed by atoms with Gasteiger partial charge in [0.05, 0.1) is 19.0 Å². The summed E-state index contributed by atoms with van der Waals surface area (Å²) in [5, 5.41) is 10.2. The maximum Gasteiger partial charge on any atom is 0.150 e. The molecule has 0 saturated heterocycles. The molecule has 4 nitrogen and oxygen atoms in total. The fourth-order valence-electron chi connectivity index (χ4n) is 1.34. The van der Waals surface area contributed by atoms with E-state index in [1.165, 1.54) is 13.2 Å². The minimum atomic E-state index is -3.26. The average molecular weight is 265 g/mol. The summed E-state index contributed by atoms with van der Waals surface area (Å²) in [4.78, 5) is 0. The summed E-state index contributed by atoms with van der Waals surface area (Å²) >= 11 is 5.77. The Kier molecular flexibility index (Phi) is 4.18. The van der Waals surface area contributed by atoms with Crippen molar-refractivity contribution in [1.82, 2.24) is 0 Å². The van der Waals surface area contributed by atoms with Crippen LogP contribution < -0.4 is 4.74 Å². The SMILES string of the molecule is COc1ccc(Cl)cc1C(O)CS(C)(=O)=O. The molecule has 90 valence electrons. The number of halogens is 1. The minimum absolute atomic E-state index is 0.357. The van der Waals surface area contributed by atoms with E-state index in [1.807, 2.05) is 0 Å². The molecule has 0 aliphatic heterocycles. The van der Waals surface area contributed by atoms with Gasteiger partial charge >= 0.3 is 0 Å². The lowest BCUT2D eigenvalue weighted by Gasteiger charge is -2.14. The van der Waals surface area contributed by atoms with E-state index in [4.69, 9.17) is 16.3 Å². The first-order valence-corrected chi connectivity index (χ1v) is 6.96. The molecule has 1 aromatic rings. The van der Waals surface area contributed by atoms with Crippen LogP contribution >= 0.6 is 11.6 Å². The summed E-state index contributed by atoms with van der Waals surface area (Å²) in [6.07, 6.45) is -0.0728. The molecular weight excluding hydrogens is 252 g/mol. The lowest BCUT2D eigenvalue weighted by Crippen LogP contribution is -2.13. The van der Waals surface area contributed by atoms with E-state index in [0.29, 0.717) is 16.3 Å². The molecule has 0 heterocycles. The molecule has 0 radical (unpaired) electrons. The molecule has 1 atom stereocenters. The topological polar surface area (TPSA) is 63.6 Å². The molecule has 1 unspecified atom stereocenters. The van der Waals surface area contributed by atoms with Crippen LogP contribution in [0.4, 0.5) is 0 Å². The van der Waals surface area contributed by atoms with Crippen LogP contribution in [0.3, 0.4) is 0 Å². The van der Waals surface area contributed by atoms with Crippen LogP contribution in [-0.2, 0) is 9.84 Å². The van der Waals surface area contributed by atoms with Crippen LogP contribution in [0, 0.1) is 0 Å². The monoisotopic (exact) mass is 264 g/mol. The first-order valence-electron chi connectivity index (χ1n) is 4.52. The highest BCUT2D eigenvalue weighted by Crippen LogP contribution is 2.28. The number of hydrogen-bond donors (Lipinski definition) is 1. The summed E-state index contributed by atoms with van der Waals surface area (Å²) in [6, 6.07) is 4.69. The summed E-state index contributed by atoms with van der Waals surface area (Å²) in [6.45, 7) is 0. The molecule has 1 aromatic carbocycles. The van der Waals surface area contributed by atoms with Crippen molar-refractivity contribution in [3.8, 4) is 5.75 Å². The smallest absolute Gasteiger partial charge is 0.150 e. The molecule has 6 heteroatoms. The molecule has 0 fully saturated rings. The molecule has 16 heavy (non-hydrogen) atoms. The molecule has 0 aromatic heterocycles. The molecule has 1 N–H and O–H groups in total. The zero-order valence-corrected chi connectivity index (χ0v) is 10.5. The molecule has 0 spiro atoms. The van der Waals surface area contributed by atoms with Gasteiger partial charge in [-0.3, -0.25) is 0 Å². The van der Waals surface area contributed by atoms with Crippen LogP contribution in [0.2, 0.25) is 5.02 Å². The van der Waals surface area contributed by atoms with Gasteiger partial charge in [0, 0.05) is 16.8 Å². The Bertz CT molecular complexity index is 470. The van der Waals surface area contributed by atoms with E-state index in [1.54, 1.807) is 12.1 Å². The average Bonchev–Trinajstić information content (AvgIpc) is 2.15. The molecular formula is C10H13ClO4S. The maximum absolute atomic E-state index is 11.1. The number of rotatable bonds is 4. The third kappa shape index (κ3) is 3.66. The van der Waals surface area contributed by atoms with Crippen molar-refractivity contribution in [2.24, 2.45) is 0 Å². The van der Waals surface area contributed by atoms with Gasteiger partial charge in [-0.05, 0) is 18.2 Å². The van der Waals surface area contributed by atoms with Crippen molar-refractivity contribution in [3.05, 3.63) is 28.8 Å². The number of aliphatic hydroxyl groups is 1. The van der Waals surface area contributed by atoms with E-state index in [0.717, 1.165) is 6.26 Å². The largest absolute Gasteiger partial charge is 0.496 e. The predicted molar refractivity (Wildman–Crippen MR) is 62.7 cm³/mol. The Morgan fingerprint density at radius 1 is 1.50 bits per heavy atom. The second-order valence-electron chi connectivity index (χ2n) is 3.49. The Morgan fingerprint density at radius 3 is 2.62 bits per heavy atom. The third-order valence-electron chi connectivity index (χ3n) is 2.01. The van der Waals surface area contributed by atoms with Gasteiger partial charge in [-0.15, -0.1) is 0 Å². The second-order valence-corrected chi connectivity index (χ2v) is 6.12. The number of ether oxygens (including phenoxy) is 1. The van der Waals surface area contributed by atoms with E-state index in [-0.39, 0.29) is 5.75 Å². The second kappa shape index (κ2) is 5.03. The van der Waals surface area contributed by atoms with Gasteiger partial charge in [-0.1, -0.05) is 11.6 Å². The van der Waals surface area contributed by atoms with Gasteiger partial charge in [0.25, 0.3) is 0 Å². The van der Waals surface area contributed by atoms with Crippen molar-refractivity contribution in [2.75, 3.05) is 19.1 Å². The van der Waals surface area contributed by atoms with Gasteiger partial charge < -0.3 is 9.84 Å². The lowest BCUT2D eigenvalue weighted by atomic mass is 10.1. The molecule has 0 aliphatic carbocycles. The first kappa shape index (κ1) is 13.3. The normalized spacial score (nSPS) is 13.5. The lowest BCUT2D eigenvalue weighted by molar-refractivity contribution is 0.197. The standard InChI is InChI=1S/C10H13ClO4S/c1-15-10-4-3-7(11)5-8(10)9(12)6-16(2,13)14/h3-5,9,12H,6H2,1-2H3. The first-order chi connectivity index (χ1) is 7.33. The van der Waals surface area contributed by atoms with Crippen LogP contribution in [0.5, 0.6) is 5.75 Å². The number of benzene rings is 1. The predicted octanol–water partition coefficient (Wildman–Crippen LogP) is 1.43. The van der Waals surface area contributed by atoms with E-state index < -0.39 is 15.9 Å². The minimum Gasteiger partial charge on any atom is -0.496 e. The zero-order chi connectivity index (χ0) is 12.3. The summed E-state index contributed by atoms with van der Waals surface area (Å²) in [5.74, 6) is 0.0597. The van der Waals surface area contributed by atoms with Crippen molar-refractivity contribution >= 4 is 21.4 Å². The molecule has 1 rings (SSSR count). The molecule has 0 aliphatic rings. The van der Waals surface area contributed by atoms with Crippen LogP contribution in [0.15, 0.2) is 18.2 Å². The van der Waals surface area contributed by atoms with Crippen molar-refractivity contribution in [1.29, 1.82) is 0 Å². The number of hydrogen-bond acceptors (Lipinski definition) is 4. The van der Waals surface area contributed by atoms with Crippen molar-refractivity contribution in [2.45, 2.75) is 6.10 Å². The Hall–Kier alpha value is -0.780. The van der Waals surface area contributed by atoms with Crippen LogP contribution in [0.1, 0.15) is 11.7 Å². The van der Waals surface area contributed by atoms with Gasteiger partial charge in [-0.25, -0.2) is 8.42 Å².